The molecule has 0 aromatic rings. The van der Waals surface area contributed by atoms with E-state index >= 15 is 4.39 Å². The van der Waals surface area contributed by atoms with E-state index in [0.717, 1.165) is 0 Å². The molecular weight excluding hydrogens is 419 g/mol. The van der Waals surface area contributed by atoms with E-state index in [1.165, 1.54) is 12.2 Å². The molecule has 4 aliphatic rings. The molecular formula is C24H31FO7. The van der Waals surface area contributed by atoms with Gasteiger partial charge in [-0.15, -0.1) is 0 Å². The van der Waals surface area contributed by atoms with E-state index in [0.29, 0.717) is 24.8 Å². The number of aliphatic hydroxyl groups is 1. The number of carboxylic acid groups (broad SMARTS) is 1. The molecule has 0 aromatic carbocycles. The molecule has 4 rings (SSSR count). The lowest BCUT2D eigenvalue weighted by molar-refractivity contribution is -0.228. The number of ketones is 1. The number of carboxylic acids is 1. The number of aliphatic hydroxyl groups excluding tert-OH is 1. The Hall–Kier alpha value is -2.22. The van der Waals surface area contributed by atoms with Crippen molar-refractivity contribution in [1.82, 2.24) is 0 Å². The maximum atomic E-state index is 17.1. The second-order valence-corrected chi connectivity index (χ2v) is 10.2. The summed E-state index contributed by atoms with van der Waals surface area (Å²) in [5.41, 5.74) is -5.72. The number of fused-ring (bicyclic) bond motifs is 5. The fourth-order valence-electron chi connectivity index (χ4n) is 7.53. The third-order valence-electron chi connectivity index (χ3n) is 9.01. The van der Waals surface area contributed by atoms with Crippen LogP contribution in [0, 0.1) is 28.6 Å². The summed E-state index contributed by atoms with van der Waals surface area (Å²) in [6.45, 7) is 6.71. The largest absolute Gasteiger partial charge is 0.509 e. The van der Waals surface area contributed by atoms with E-state index in [9.17, 15) is 24.6 Å². The summed E-state index contributed by atoms with van der Waals surface area (Å²) in [6.07, 6.45) is 2.78. The smallest absolute Gasteiger partial charge is 0.478 e. The van der Waals surface area contributed by atoms with Crippen molar-refractivity contribution in [2.45, 2.75) is 70.8 Å². The van der Waals surface area contributed by atoms with Crippen LogP contribution in [-0.2, 0) is 19.1 Å². The van der Waals surface area contributed by atoms with Crippen molar-refractivity contribution in [2.75, 3.05) is 6.61 Å². The minimum Gasteiger partial charge on any atom is -0.478 e. The monoisotopic (exact) mass is 450 g/mol. The molecule has 3 saturated carbocycles. The van der Waals surface area contributed by atoms with Crippen LogP contribution in [0.15, 0.2) is 23.8 Å². The van der Waals surface area contributed by atoms with Gasteiger partial charge in [0.1, 0.15) is 0 Å². The first-order chi connectivity index (χ1) is 14.9. The van der Waals surface area contributed by atoms with Gasteiger partial charge in [0.05, 0.1) is 12.7 Å². The fourth-order valence-corrected chi connectivity index (χ4v) is 7.53. The van der Waals surface area contributed by atoms with Gasteiger partial charge in [0.15, 0.2) is 11.5 Å². The van der Waals surface area contributed by atoms with E-state index in [2.05, 4.69) is 0 Å². The maximum absolute atomic E-state index is 17.1. The molecule has 0 heterocycles. The van der Waals surface area contributed by atoms with Crippen LogP contribution in [0.3, 0.4) is 0 Å². The van der Waals surface area contributed by atoms with Crippen molar-refractivity contribution in [3.8, 4) is 0 Å². The van der Waals surface area contributed by atoms with Crippen molar-refractivity contribution in [3.05, 3.63) is 23.8 Å². The zero-order valence-corrected chi connectivity index (χ0v) is 18.9. The molecule has 32 heavy (non-hydrogen) atoms. The standard InChI is InChI=1S/C24H31FO7/c1-5-31-20(30)32-24(19(28)29)13(2)10-17-16-7-6-14-11-15(26)8-9-21(14,3)23(16,25)18(27)12-22(17,24)4/h8-9,11,13,16-18,27H,5-7,10,12H2,1-4H3,(H,28,29)/t13-,16+,17+,18+,21+,22+,23+,24+/m1/s1. The number of carbonyl (C=O) groups excluding carboxylic acids is 2. The Kier molecular flexibility index (Phi) is 5.12. The van der Waals surface area contributed by atoms with E-state index in [-0.39, 0.29) is 18.8 Å². The molecule has 7 nitrogen and oxygen atoms in total. The van der Waals surface area contributed by atoms with Gasteiger partial charge in [-0.25, -0.2) is 14.0 Å². The minimum atomic E-state index is -2.07. The van der Waals surface area contributed by atoms with Gasteiger partial charge in [-0.1, -0.05) is 25.5 Å². The summed E-state index contributed by atoms with van der Waals surface area (Å²) >= 11 is 0. The molecule has 8 heteroatoms. The SMILES string of the molecule is CCOC(=O)O[C@]1(C(=O)O)[C@H](C)C[C@H]2[C@@H]3CCC4=CC(=O)C=C[C@]4(C)[C@@]3(F)[C@@H](O)C[C@@]21C. The number of allylic oxidation sites excluding steroid dienone is 4. The van der Waals surface area contributed by atoms with Gasteiger partial charge in [-0.3, -0.25) is 4.79 Å². The quantitative estimate of drug-likeness (QED) is 0.632. The molecule has 0 radical (unpaired) electrons. The second kappa shape index (κ2) is 7.14. The number of carbonyl (C=O) groups is 3. The summed E-state index contributed by atoms with van der Waals surface area (Å²) in [4.78, 5) is 36.8. The minimum absolute atomic E-state index is 0.0282. The van der Waals surface area contributed by atoms with Crippen molar-refractivity contribution in [1.29, 1.82) is 0 Å². The highest BCUT2D eigenvalue weighted by Gasteiger charge is 2.77. The maximum Gasteiger partial charge on any atom is 0.509 e. The van der Waals surface area contributed by atoms with Crippen LogP contribution in [0.25, 0.3) is 0 Å². The van der Waals surface area contributed by atoms with Crippen LogP contribution in [0.1, 0.15) is 53.4 Å². The molecule has 3 fully saturated rings. The predicted octanol–water partition coefficient (Wildman–Crippen LogP) is 3.60. The van der Waals surface area contributed by atoms with E-state index in [4.69, 9.17) is 9.47 Å². The molecule has 176 valence electrons. The summed E-state index contributed by atoms with van der Waals surface area (Å²) in [7, 11) is 0. The first-order valence-corrected chi connectivity index (χ1v) is 11.3. The van der Waals surface area contributed by atoms with Crippen LogP contribution in [0.5, 0.6) is 0 Å². The fraction of sp³-hybridized carbons (Fsp3) is 0.708. The molecule has 0 amide bonds. The summed E-state index contributed by atoms with van der Waals surface area (Å²) in [5.74, 6) is -3.22. The van der Waals surface area contributed by atoms with Crippen molar-refractivity contribution >= 4 is 17.9 Å². The molecule has 0 aliphatic heterocycles. The normalized spacial score (nSPS) is 47.1. The predicted molar refractivity (Wildman–Crippen MR) is 111 cm³/mol. The highest BCUT2D eigenvalue weighted by molar-refractivity contribution is 6.01. The van der Waals surface area contributed by atoms with Crippen LogP contribution in [-0.4, -0.2) is 52.1 Å². The van der Waals surface area contributed by atoms with Crippen molar-refractivity contribution in [2.24, 2.45) is 28.6 Å². The third-order valence-corrected chi connectivity index (χ3v) is 9.01. The number of halogens is 1. The van der Waals surface area contributed by atoms with Gasteiger partial charge in [-0.2, -0.15) is 0 Å². The highest BCUT2D eigenvalue weighted by atomic mass is 19.1. The van der Waals surface area contributed by atoms with Crippen LogP contribution >= 0.6 is 0 Å². The average Bonchev–Trinajstić information content (AvgIpc) is 2.92. The van der Waals surface area contributed by atoms with Crippen molar-refractivity contribution < 1.29 is 38.5 Å². The van der Waals surface area contributed by atoms with Crippen LogP contribution in [0.2, 0.25) is 0 Å². The molecule has 0 saturated heterocycles. The Morgan fingerprint density at radius 3 is 2.59 bits per heavy atom. The number of aliphatic carboxylic acids is 1. The zero-order valence-electron chi connectivity index (χ0n) is 18.9. The Morgan fingerprint density at radius 2 is 1.97 bits per heavy atom. The van der Waals surface area contributed by atoms with Gasteiger partial charge in [0, 0.05) is 22.7 Å². The zero-order chi connectivity index (χ0) is 23.7. The lowest BCUT2D eigenvalue weighted by Crippen LogP contribution is -2.69. The number of rotatable bonds is 3. The number of ether oxygens (including phenoxy) is 2. The first-order valence-electron chi connectivity index (χ1n) is 11.3. The molecule has 2 N–H and O–H groups in total. The van der Waals surface area contributed by atoms with Gasteiger partial charge in [0.25, 0.3) is 0 Å². The lowest BCUT2D eigenvalue weighted by atomic mass is 9.45. The Bertz CT molecular complexity index is 927. The van der Waals surface area contributed by atoms with Crippen LogP contribution < -0.4 is 0 Å². The van der Waals surface area contributed by atoms with Crippen molar-refractivity contribution in [3.63, 3.8) is 0 Å². The van der Waals surface area contributed by atoms with Crippen LogP contribution in [0.4, 0.5) is 9.18 Å². The summed E-state index contributed by atoms with van der Waals surface area (Å²) in [5, 5.41) is 21.6. The van der Waals surface area contributed by atoms with Gasteiger partial charge < -0.3 is 19.7 Å². The Labute approximate surface area is 186 Å². The lowest BCUT2D eigenvalue weighted by Gasteiger charge is -2.62. The van der Waals surface area contributed by atoms with E-state index in [1.54, 1.807) is 33.8 Å². The van der Waals surface area contributed by atoms with E-state index < -0.39 is 58.1 Å². The summed E-state index contributed by atoms with van der Waals surface area (Å²) in [6, 6.07) is 0. The van der Waals surface area contributed by atoms with E-state index in [1.807, 2.05) is 0 Å². The molecule has 8 atom stereocenters. The average molecular weight is 451 g/mol. The Morgan fingerprint density at radius 1 is 1.28 bits per heavy atom. The Balaban J connectivity index is 1.82. The number of alkyl halides is 1. The van der Waals surface area contributed by atoms with Gasteiger partial charge in [0.2, 0.25) is 5.60 Å². The molecule has 0 spiro atoms. The molecule has 4 aliphatic carbocycles. The first kappa shape index (κ1) is 23.0. The molecule has 0 unspecified atom stereocenters. The highest BCUT2D eigenvalue weighted by Crippen LogP contribution is 2.71. The van der Waals surface area contributed by atoms with Gasteiger partial charge >= 0.3 is 12.1 Å². The summed E-state index contributed by atoms with van der Waals surface area (Å²) < 4.78 is 27.5. The van der Waals surface area contributed by atoms with Gasteiger partial charge in [-0.05, 0) is 57.6 Å². The third kappa shape index (κ3) is 2.59. The topological polar surface area (TPSA) is 110 Å². The number of hydrogen-bond acceptors (Lipinski definition) is 6. The second-order valence-electron chi connectivity index (χ2n) is 10.2. The number of hydrogen-bond donors (Lipinski definition) is 2. The molecule has 0 aromatic heterocycles. The molecule has 0 bridgehead atoms.